The van der Waals surface area contributed by atoms with Gasteiger partial charge in [-0.2, -0.15) is 0 Å². The van der Waals surface area contributed by atoms with Gasteiger partial charge in [0, 0.05) is 11.8 Å². The van der Waals surface area contributed by atoms with E-state index in [2.05, 4.69) is 65.4 Å². The van der Waals surface area contributed by atoms with E-state index in [-0.39, 0.29) is 28.8 Å². The molecule has 2 saturated heterocycles. The minimum Gasteiger partial charge on any atom is -0.414 e. The molecule has 0 amide bonds. The van der Waals surface area contributed by atoms with Gasteiger partial charge in [0.1, 0.15) is 25.0 Å². The van der Waals surface area contributed by atoms with E-state index in [1.165, 1.54) is 10.8 Å². The molecule has 3 rings (SSSR count). The van der Waals surface area contributed by atoms with Crippen LogP contribution in [0.1, 0.15) is 67.2 Å². The summed E-state index contributed by atoms with van der Waals surface area (Å²) in [5, 5.41) is 0. The maximum atomic E-state index is 12.7. The summed E-state index contributed by atoms with van der Waals surface area (Å²) in [6.45, 7) is 26.9. The number of hydrogen-bond acceptors (Lipinski definition) is 7. The van der Waals surface area contributed by atoms with Gasteiger partial charge in [0.15, 0.2) is 6.23 Å². The lowest BCUT2D eigenvalue weighted by Crippen LogP contribution is -2.65. The summed E-state index contributed by atoms with van der Waals surface area (Å²) in [7, 11) is -5.66. The fourth-order valence-electron chi connectivity index (χ4n) is 5.28. The number of aliphatic imine (C=N–C) groups is 1. The maximum Gasteiger partial charge on any atom is 0.335 e. The van der Waals surface area contributed by atoms with Crippen molar-refractivity contribution in [2.75, 3.05) is 6.61 Å². The number of ether oxygens (including phenoxy) is 1. The summed E-state index contributed by atoms with van der Waals surface area (Å²) in [5.74, 6) is 0. The molecule has 0 bridgehead atoms. The molecule has 190 valence electrons. The Bertz CT molecular complexity index is 989. The number of rotatable bonds is 6. The van der Waals surface area contributed by atoms with Gasteiger partial charge >= 0.3 is 22.8 Å². The first kappa shape index (κ1) is 27.2. The van der Waals surface area contributed by atoms with E-state index in [1.54, 1.807) is 6.92 Å². The fraction of sp³-hybridized carbons (Fsp3) is 0.783. The number of aromatic nitrogens is 2. The van der Waals surface area contributed by atoms with Crippen LogP contribution in [0.3, 0.4) is 0 Å². The number of H-pyrrole nitrogens is 1. The maximum absolute atomic E-state index is 12.7. The molecule has 0 unspecified atom stereocenters. The second kappa shape index (κ2) is 9.94. The van der Waals surface area contributed by atoms with Crippen LogP contribution in [0, 0.1) is 6.92 Å². The van der Waals surface area contributed by atoms with E-state index in [0.29, 0.717) is 5.56 Å². The third kappa shape index (κ3) is 4.46. The molecule has 1 aromatic rings. The van der Waals surface area contributed by atoms with Crippen LogP contribution in [0.5, 0.6) is 0 Å². The lowest BCUT2D eigenvalue weighted by molar-refractivity contribution is -0.0568. The van der Waals surface area contributed by atoms with E-state index < -0.39 is 52.8 Å². The summed E-state index contributed by atoms with van der Waals surface area (Å²) < 4.78 is 28.5. The van der Waals surface area contributed by atoms with E-state index in [4.69, 9.17) is 24.4 Å². The topological polar surface area (TPSA) is 104 Å². The summed E-state index contributed by atoms with van der Waals surface area (Å²) >= 11 is 0. The molecule has 0 saturated carbocycles. The van der Waals surface area contributed by atoms with Crippen molar-refractivity contribution < 1.29 is 17.7 Å². The van der Waals surface area contributed by atoms with Crippen LogP contribution in [0.4, 0.5) is 0 Å². The average molecular weight is 510 g/mol. The van der Waals surface area contributed by atoms with Gasteiger partial charge in [-0.3, -0.25) is 19.3 Å². The van der Waals surface area contributed by atoms with Gasteiger partial charge in [0.25, 0.3) is 5.56 Å². The molecule has 2 fully saturated rings. The zero-order valence-electron chi connectivity index (χ0n) is 21.7. The molecule has 2 aliphatic rings. The van der Waals surface area contributed by atoms with Crippen LogP contribution in [-0.2, 0) is 17.7 Å². The first-order valence-electron chi connectivity index (χ1n) is 12.2. The highest BCUT2D eigenvalue weighted by molar-refractivity contribution is 6.83. The molecule has 2 radical (unpaired) electrons. The van der Waals surface area contributed by atoms with Crippen molar-refractivity contribution in [3.63, 3.8) is 0 Å². The Balaban J connectivity index is 2.14. The van der Waals surface area contributed by atoms with Crippen LogP contribution >= 0.6 is 0 Å². The van der Waals surface area contributed by atoms with Crippen molar-refractivity contribution in [1.82, 2.24) is 9.55 Å². The van der Waals surface area contributed by atoms with Crippen molar-refractivity contribution in [3.05, 3.63) is 32.6 Å². The van der Waals surface area contributed by atoms with Crippen molar-refractivity contribution in [2.45, 2.75) is 109 Å². The zero-order valence-corrected chi connectivity index (χ0v) is 23.7. The average Bonchev–Trinajstić information content (AvgIpc) is 3.06. The molecule has 1 N–H and O–H groups in total. The van der Waals surface area contributed by atoms with E-state index in [1.807, 2.05) is 0 Å². The minimum atomic E-state index is -2.92. The molecule has 3 heterocycles. The molecule has 1 aromatic heterocycles. The fourth-order valence-corrected chi connectivity index (χ4v) is 16.5. The third-order valence-electron chi connectivity index (χ3n) is 7.21. The Morgan fingerprint density at radius 2 is 1.59 bits per heavy atom. The second-order valence-electron chi connectivity index (χ2n) is 10.7. The Hall–Kier alpha value is -1.38. The van der Waals surface area contributed by atoms with Gasteiger partial charge in [-0.25, -0.2) is 4.79 Å². The number of nitrogens with zero attached hydrogens (tertiary/aromatic N) is 2. The highest BCUT2D eigenvalue weighted by atomic mass is 28.5. The van der Waals surface area contributed by atoms with Gasteiger partial charge in [-0.1, -0.05) is 55.4 Å². The smallest absolute Gasteiger partial charge is 0.335 e. The predicted molar refractivity (Wildman–Crippen MR) is 135 cm³/mol. The molecular formula is C23H39N3O6Si2. The van der Waals surface area contributed by atoms with Crippen molar-refractivity contribution in [1.29, 1.82) is 0 Å². The quantitative estimate of drug-likeness (QED) is 0.465. The molecule has 4 atom stereocenters. The second-order valence-corrected chi connectivity index (χ2v) is 19.6. The van der Waals surface area contributed by atoms with Gasteiger partial charge in [0.2, 0.25) is 0 Å². The van der Waals surface area contributed by atoms with Crippen LogP contribution in [0.2, 0.25) is 22.2 Å². The first-order valence-corrected chi connectivity index (χ1v) is 16.1. The van der Waals surface area contributed by atoms with Crippen LogP contribution in [0.25, 0.3) is 0 Å². The highest BCUT2D eigenvalue weighted by Crippen LogP contribution is 2.48. The molecule has 0 aliphatic carbocycles. The minimum absolute atomic E-state index is 0.114. The molecular weight excluding hydrogens is 470 g/mol. The summed E-state index contributed by atoms with van der Waals surface area (Å²) in [4.78, 5) is 30.7. The van der Waals surface area contributed by atoms with Gasteiger partial charge in [-0.05, 0) is 29.1 Å². The number of fused-ring (bicyclic) bond motifs is 1. The molecule has 0 aromatic carbocycles. The van der Waals surface area contributed by atoms with Crippen molar-refractivity contribution in [3.8, 4) is 0 Å². The molecule has 0 spiro atoms. The van der Waals surface area contributed by atoms with Crippen LogP contribution in [0.15, 0.2) is 20.8 Å². The Morgan fingerprint density at radius 3 is 2.09 bits per heavy atom. The summed E-state index contributed by atoms with van der Waals surface area (Å²) in [6.07, 6.45) is -0.570. The Kier molecular flexibility index (Phi) is 7.96. The van der Waals surface area contributed by atoms with Crippen LogP contribution < -0.4 is 11.2 Å². The van der Waals surface area contributed by atoms with Crippen molar-refractivity contribution in [2.24, 2.45) is 4.99 Å². The van der Waals surface area contributed by atoms with Gasteiger partial charge in [0.05, 0.1) is 6.61 Å². The molecule has 9 nitrogen and oxygen atoms in total. The van der Waals surface area contributed by atoms with E-state index >= 15 is 0 Å². The Morgan fingerprint density at radius 1 is 1.03 bits per heavy atom. The predicted octanol–water partition coefficient (Wildman–Crippen LogP) is 3.52. The normalized spacial score (nSPS) is 28.9. The number of aromatic amines is 1. The summed E-state index contributed by atoms with van der Waals surface area (Å²) in [5.41, 5.74) is -0.0784. The number of hydrogen-bond donors (Lipinski definition) is 1. The highest BCUT2D eigenvalue weighted by Gasteiger charge is 2.61. The largest absolute Gasteiger partial charge is 0.414 e. The Labute approximate surface area is 204 Å². The molecule has 11 heteroatoms. The number of nitrogens with one attached hydrogen (secondary N) is 1. The lowest BCUT2D eigenvalue weighted by Gasteiger charge is -2.51. The lowest BCUT2D eigenvalue weighted by atomic mass is 10.1. The van der Waals surface area contributed by atoms with Crippen LogP contribution in [-0.4, -0.2) is 58.2 Å². The van der Waals surface area contributed by atoms with Gasteiger partial charge < -0.3 is 17.7 Å². The molecule has 34 heavy (non-hydrogen) atoms. The van der Waals surface area contributed by atoms with E-state index in [9.17, 15) is 9.59 Å². The van der Waals surface area contributed by atoms with E-state index in [0.717, 1.165) is 0 Å². The summed E-state index contributed by atoms with van der Waals surface area (Å²) in [6, 6.07) is -0.781. The standard InChI is InChI=1S/C23H39N3O6Si2/c1-13(2)33(14(3)4)29-12-18-20(31-34(32-33,15(5)6)16(7)8)19(24-10)22(30-18)26-11-17(9)21(27)25-23(26)28/h11,13-16,18-20,22H,12H2,1-9H3,(H,25,27,28)/t18-,19+,20-,22-/m1/s1. The third-order valence-corrected chi connectivity index (χ3v) is 17.5. The first-order chi connectivity index (χ1) is 15.8. The SMILES string of the molecule is [C]=N[C@H]1[C@@H]2O[Si](C(C)C)(C(C)C)O[Si](C(C)C)(C(C)C)OC[C@H]2O[C@H]1n1cc(C)c(=O)[nH]c1=O. The zero-order chi connectivity index (χ0) is 25.6. The number of aryl methyl sites for hydroxylation is 1. The van der Waals surface area contributed by atoms with Gasteiger partial charge in [-0.15, -0.1) is 0 Å². The van der Waals surface area contributed by atoms with Crippen molar-refractivity contribution >= 4 is 23.8 Å². The molecule has 2 aliphatic heterocycles. The monoisotopic (exact) mass is 509 g/mol.